The van der Waals surface area contributed by atoms with Crippen LogP contribution in [0.1, 0.15) is 0 Å². The van der Waals surface area contributed by atoms with Crippen LogP contribution in [0, 0.1) is 0 Å². The van der Waals surface area contributed by atoms with E-state index in [-0.39, 0.29) is 0 Å². The smallest absolute Gasteiger partial charge is 0.121 e. The fourth-order valence-corrected chi connectivity index (χ4v) is 1.29. The second-order valence-corrected chi connectivity index (χ2v) is 3.19. The Bertz CT molecular complexity index is 412. The van der Waals surface area contributed by atoms with E-state index in [1.807, 2.05) is 41.2 Å². The maximum Gasteiger partial charge on any atom is 0.121 e. The quantitative estimate of drug-likeness (QED) is 0.767. The molecule has 0 aliphatic carbocycles. The maximum absolute atomic E-state index is 5.63. The second kappa shape index (κ2) is 4.50. The van der Waals surface area contributed by atoms with E-state index in [2.05, 4.69) is 5.10 Å². The van der Waals surface area contributed by atoms with Crippen molar-refractivity contribution in [3.8, 4) is 5.75 Å². The minimum atomic E-state index is 0.588. The fourth-order valence-electron chi connectivity index (χ4n) is 1.29. The molecule has 0 amide bonds. The maximum atomic E-state index is 5.63. The average molecular weight is 203 g/mol. The second-order valence-electron chi connectivity index (χ2n) is 3.19. The highest BCUT2D eigenvalue weighted by Crippen LogP contribution is 2.14. The summed E-state index contributed by atoms with van der Waals surface area (Å²) < 4.78 is 7.34. The summed E-state index contributed by atoms with van der Waals surface area (Å²) in [7, 11) is 0. The van der Waals surface area contributed by atoms with Gasteiger partial charge >= 0.3 is 0 Å². The molecular formula is C11H13N3O. The molecule has 0 bridgehead atoms. The van der Waals surface area contributed by atoms with Crippen LogP contribution >= 0.6 is 0 Å². The van der Waals surface area contributed by atoms with Crippen LogP contribution in [0.15, 0.2) is 42.7 Å². The third-order valence-electron chi connectivity index (χ3n) is 2.01. The minimum Gasteiger partial charge on any atom is -0.492 e. The van der Waals surface area contributed by atoms with Crippen molar-refractivity contribution in [3.05, 3.63) is 42.7 Å². The van der Waals surface area contributed by atoms with E-state index in [1.165, 1.54) is 0 Å². The molecule has 2 rings (SSSR count). The summed E-state index contributed by atoms with van der Waals surface area (Å²) in [5.74, 6) is 0.794. The summed E-state index contributed by atoms with van der Waals surface area (Å²) in [6.45, 7) is 1.33. The van der Waals surface area contributed by atoms with Crippen molar-refractivity contribution in [2.45, 2.75) is 6.54 Å². The Hall–Kier alpha value is -1.97. The molecule has 2 N–H and O–H groups in total. The highest BCUT2D eigenvalue weighted by Gasteiger charge is 1.94. The standard InChI is InChI=1S/C11H13N3O/c12-10-3-1-4-11(9-10)15-8-7-14-6-2-5-13-14/h1-6,9H,7-8,12H2. The number of benzene rings is 1. The minimum absolute atomic E-state index is 0.588. The van der Waals surface area contributed by atoms with Gasteiger partial charge in [0.25, 0.3) is 0 Å². The van der Waals surface area contributed by atoms with Crippen LogP contribution in [0.5, 0.6) is 5.75 Å². The first-order chi connectivity index (χ1) is 7.34. The van der Waals surface area contributed by atoms with Gasteiger partial charge in [0.05, 0.1) is 6.54 Å². The molecule has 0 aliphatic rings. The molecule has 1 aromatic heterocycles. The zero-order chi connectivity index (χ0) is 10.5. The lowest BCUT2D eigenvalue weighted by atomic mass is 10.3. The number of hydrogen-bond donors (Lipinski definition) is 1. The first-order valence-electron chi connectivity index (χ1n) is 4.80. The molecule has 1 heterocycles. The van der Waals surface area contributed by atoms with E-state index in [4.69, 9.17) is 10.5 Å². The normalized spacial score (nSPS) is 10.1. The van der Waals surface area contributed by atoms with Crippen LogP contribution in [0.2, 0.25) is 0 Å². The van der Waals surface area contributed by atoms with Crippen molar-refractivity contribution in [3.63, 3.8) is 0 Å². The van der Waals surface area contributed by atoms with E-state index >= 15 is 0 Å². The topological polar surface area (TPSA) is 53.1 Å². The zero-order valence-electron chi connectivity index (χ0n) is 8.34. The van der Waals surface area contributed by atoms with Crippen molar-refractivity contribution in [1.29, 1.82) is 0 Å². The Kier molecular flexibility index (Phi) is 2.88. The Labute approximate surface area is 88.3 Å². The number of nitrogens with zero attached hydrogens (tertiary/aromatic N) is 2. The number of hydrogen-bond acceptors (Lipinski definition) is 3. The molecule has 0 radical (unpaired) electrons. The van der Waals surface area contributed by atoms with Gasteiger partial charge in [-0.05, 0) is 18.2 Å². The van der Waals surface area contributed by atoms with Gasteiger partial charge in [-0.15, -0.1) is 0 Å². The summed E-state index contributed by atoms with van der Waals surface area (Å²) >= 11 is 0. The van der Waals surface area contributed by atoms with Crippen molar-refractivity contribution < 1.29 is 4.74 Å². The van der Waals surface area contributed by atoms with Crippen LogP contribution in [-0.4, -0.2) is 16.4 Å². The van der Waals surface area contributed by atoms with Gasteiger partial charge in [0.15, 0.2) is 0 Å². The van der Waals surface area contributed by atoms with Gasteiger partial charge in [-0.3, -0.25) is 4.68 Å². The van der Waals surface area contributed by atoms with Crippen molar-refractivity contribution >= 4 is 5.69 Å². The van der Waals surface area contributed by atoms with E-state index in [0.29, 0.717) is 12.3 Å². The molecular weight excluding hydrogens is 190 g/mol. The van der Waals surface area contributed by atoms with Crippen LogP contribution in [-0.2, 0) is 6.54 Å². The molecule has 0 saturated heterocycles. The lowest BCUT2D eigenvalue weighted by Crippen LogP contribution is -2.08. The molecule has 0 unspecified atom stereocenters. The molecule has 0 fully saturated rings. The molecule has 4 nitrogen and oxygen atoms in total. The lowest BCUT2D eigenvalue weighted by molar-refractivity contribution is 0.291. The Morgan fingerprint density at radius 3 is 3.00 bits per heavy atom. The van der Waals surface area contributed by atoms with Crippen molar-refractivity contribution in [2.75, 3.05) is 12.3 Å². The summed E-state index contributed by atoms with van der Waals surface area (Å²) in [4.78, 5) is 0. The highest BCUT2D eigenvalue weighted by molar-refractivity contribution is 5.43. The predicted octanol–water partition coefficient (Wildman–Crippen LogP) is 1.54. The van der Waals surface area contributed by atoms with Crippen molar-refractivity contribution in [2.24, 2.45) is 0 Å². The number of rotatable bonds is 4. The molecule has 1 aromatic carbocycles. The largest absolute Gasteiger partial charge is 0.492 e. The zero-order valence-corrected chi connectivity index (χ0v) is 8.34. The highest BCUT2D eigenvalue weighted by atomic mass is 16.5. The van der Waals surface area contributed by atoms with Crippen LogP contribution in [0.4, 0.5) is 5.69 Å². The summed E-state index contributed by atoms with van der Waals surface area (Å²) in [6.07, 6.45) is 3.66. The summed E-state index contributed by atoms with van der Waals surface area (Å²) in [5, 5.41) is 4.08. The Morgan fingerprint density at radius 2 is 2.27 bits per heavy atom. The number of anilines is 1. The third-order valence-corrected chi connectivity index (χ3v) is 2.01. The lowest BCUT2D eigenvalue weighted by Gasteiger charge is -2.06. The van der Waals surface area contributed by atoms with Gasteiger partial charge < -0.3 is 10.5 Å². The van der Waals surface area contributed by atoms with Gasteiger partial charge in [-0.2, -0.15) is 5.10 Å². The van der Waals surface area contributed by atoms with Crippen molar-refractivity contribution in [1.82, 2.24) is 9.78 Å². The number of aromatic nitrogens is 2. The van der Waals surface area contributed by atoms with Crippen LogP contribution in [0.3, 0.4) is 0 Å². The molecule has 15 heavy (non-hydrogen) atoms. The van der Waals surface area contributed by atoms with E-state index in [0.717, 1.165) is 12.3 Å². The first kappa shape index (κ1) is 9.58. The average Bonchev–Trinajstić information content (AvgIpc) is 2.71. The molecule has 78 valence electrons. The van der Waals surface area contributed by atoms with Gasteiger partial charge in [0.1, 0.15) is 12.4 Å². The number of nitrogens with two attached hydrogens (primary N) is 1. The summed E-state index contributed by atoms with van der Waals surface area (Å²) in [5.41, 5.74) is 6.34. The van der Waals surface area contributed by atoms with E-state index in [9.17, 15) is 0 Å². The first-order valence-corrected chi connectivity index (χ1v) is 4.80. The fraction of sp³-hybridized carbons (Fsp3) is 0.182. The number of nitrogen functional groups attached to an aromatic ring is 1. The molecule has 2 aromatic rings. The van der Waals surface area contributed by atoms with Gasteiger partial charge in [-0.1, -0.05) is 6.07 Å². The van der Waals surface area contributed by atoms with Gasteiger partial charge in [0.2, 0.25) is 0 Å². The molecule has 0 saturated carbocycles. The SMILES string of the molecule is Nc1cccc(OCCn2cccn2)c1. The van der Waals surface area contributed by atoms with Crippen LogP contribution in [0.25, 0.3) is 0 Å². The molecule has 0 spiro atoms. The van der Waals surface area contributed by atoms with Gasteiger partial charge in [0, 0.05) is 24.1 Å². The molecule has 0 atom stereocenters. The Balaban J connectivity index is 1.83. The Morgan fingerprint density at radius 1 is 1.33 bits per heavy atom. The van der Waals surface area contributed by atoms with Crippen LogP contribution < -0.4 is 10.5 Å². The van der Waals surface area contributed by atoms with E-state index < -0.39 is 0 Å². The molecule has 4 heteroatoms. The summed E-state index contributed by atoms with van der Waals surface area (Å²) in [6, 6.07) is 9.29. The van der Waals surface area contributed by atoms with E-state index in [1.54, 1.807) is 6.20 Å². The number of ether oxygens (including phenoxy) is 1. The monoisotopic (exact) mass is 203 g/mol. The third kappa shape index (κ3) is 2.74. The predicted molar refractivity (Wildman–Crippen MR) is 58.6 cm³/mol. The molecule has 0 aliphatic heterocycles. The van der Waals surface area contributed by atoms with Gasteiger partial charge in [-0.25, -0.2) is 0 Å².